The number of fused-ring (bicyclic) bond motifs is 1. The van der Waals surface area contributed by atoms with Crippen LogP contribution >= 0.6 is 11.8 Å². The van der Waals surface area contributed by atoms with Gasteiger partial charge in [0.2, 0.25) is 5.91 Å². The van der Waals surface area contributed by atoms with Crippen LogP contribution in [0.4, 0.5) is 0 Å². The molecule has 8 heteroatoms. The van der Waals surface area contributed by atoms with Crippen LogP contribution in [0.15, 0.2) is 23.4 Å². The van der Waals surface area contributed by atoms with E-state index in [0.29, 0.717) is 23.8 Å². The number of rotatable bonds is 7. The zero-order valence-electron chi connectivity index (χ0n) is 15.2. The molecule has 0 atom stereocenters. The van der Waals surface area contributed by atoms with E-state index in [4.69, 9.17) is 9.47 Å². The van der Waals surface area contributed by atoms with Crippen molar-refractivity contribution in [2.24, 2.45) is 0 Å². The van der Waals surface area contributed by atoms with Crippen molar-refractivity contribution in [3.63, 3.8) is 0 Å². The van der Waals surface area contributed by atoms with Crippen molar-refractivity contribution in [3.8, 4) is 11.5 Å². The molecule has 2 heterocycles. The van der Waals surface area contributed by atoms with Crippen LogP contribution in [0.25, 0.3) is 0 Å². The van der Waals surface area contributed by atoms with Gasteiger partial charge in [0.05, 0.1) is 20.0 Å². The van der Waals surface area contributed by atoms with Crippen LogP contribution in [0.1, 0.15) is 30.7 Å². The summed E-state index contributed by atoms with van der Waals surface area (Å²) in [4.78, 5) is 12.2. The fraction of sp³-hybridized carbons (Fsp3) is 0.500. The van der Waals surface area contributed by atoms with Gasteiger partial charge in [-0.25, -0.2) is 0 Å². The molecule has 7 nitrogen and oxygen atoms in total. The standard InChI is InChI=1S/C18H24N4O3S/c1-24-14-8-7-13(10-15(14)25-2)11-19-17(23)12-26-18-21-20-16-6-4-3-5-9-22(16)18/h7-8,10H,3-6,9,11-12H2,1-2H3,(H,19,23). The quantitative estimate of drug-likeness (QED) is 0.748. The summed E-state index contributed by atoms with van der Waals surface area (Å²) < 4.78 is 12.7. The molecule has 0 spiro atoms. The van der Waals surface area contributed by atoms with E-state index in [9.17, 15) is 4.79 Å². The van der Waals surface area contributed by atoms with Gasteiger partial charge in [0.25, 0.3) is 0 Å². The van der Waals surface area contributed by atoms with Gasteiger partial charge in [-0.2, -0.15) is 0 Å². The second-order valence-corrected chi connectivity index (χ2v) is 7.06. The maximum Gasteiger partial charge on any atom is 0.230 e. The van der Waals surface area contributed by atoms with Crippen LogP contribution < -0.4 is 14.8 Å². The van der Waals surface area contributed by atoms with E-state index in [-0.39, 0.29) is 5.91 Å². The maximum atomic E-state index is 12.2. The van der Waals surface area contributed by atoms with Gasteiger partial charge in [-0.3, -0.25) is 4.79 Å². The predicted molar refractivity (Wildman–Crippen MR) is 99.7 cm³/mol. The number of nitrogens with one attached hydrogen (secondary N) is 1. The molecule has 0 saturated carbocycles. The van der Waals surface area contributed by atoms with E-state index in [1.807, 2.05) is 18.2 Å². The number of methoxy groups -OCH3 is 2. The predicted octanol–water partition coefficient (Wildman–Crippen LogP) is 2.43. The first-order chi connectivity index (χ1) is 12.7. The molecule has 140 valence electrons. The highest BCUT2D eigenvalue weighted by Crippen LogP contribution is 2.27. The van der Waals surface area contributed by atoms with Gasteiger partial charge in [-0.05, 0) is 30.5 Å². The van der Waals surface area contributed by atoms with E-state index in [1.54, 1.807) is 14.2 Å². The summed E-state index contributed by atoms with van der Waals surface area (Å²) in [7, 11) is 3.19. The smallest absolute Gasteiger partial charge is 0.230 e. The van der Waals surface area contributed by atoms with E-state index >= 15 is 0 Å². The number of ether oxygens (including phenoxy) is 2. The minimum absolute atomic E-state index is 0.0317. The number of amides is 1. The molecule has 0 unspecified atom stereocenters. The summed E-state index contributed by atoms with van der Waals surface area (Å²) in [5, 5.41) is 12.3. The van der Waals surface area contributed by atoms with Crippen molar-refractivity contribution in [1.29, 1.82) is 0 Å². The highest BCUT2D eigenvalue weighted by atomic mass is 32.2. The van der Waals surface area contributed by atoms with E-state index in [0.717, 1.165) is 42.4 Å². The lowest BCUT2D eigenvalue weighted by atomic mass is 10.2. The molecule has 0 bridgehead atoms. The summed E-state index contributed by atoms with van der Waals surface area (Å²) in [6.07, 6.45) is 4.50. The first-order valence-electron chi connectivity index (χ1n) is 8.73. The number of benzene rings is 1. The number of carbonyl (C=O) groups is 1. The van der Waals surface area contributed by atoms with Crippen LogP contribution in [0, 0.1) is 0 Å². The normalized spacial score (nSPS) is 13.6. The van der Waals surface area contributed by atoms with Gasteiger partial charge in [-0.15, -0.1) is 10.2 Å². The Morgan fingerprint density at radius 2 is 2.04 bits per heavy atom. The van der Waals surface area contributed by atoms with Crippen LogP contribution in [-0.2, 0) is 24.3 Å². The Bertz CT molecular complexity index is 763. The fourth-order valence-electron chi connectivity index (χ4n) is 2.94. The molecule has 2 aromatic rings. The molecule has 1 amide bonds. The van der Waals surface area contributed by atoms with Crippen LogP contribution in [0.5, 0.6) is 11.5 Å². The summed E-state index contributed by atoms with van der Waals surface area (Å²) >= 11 is 1.44. The van der Waals surface area contributed by atoms with Crippen molar-refractivity contribution in [2.75, 3.05) is 20.0 Å². The first kappa shape index (κ1) is 18.6. The third kappa shape index (κ3) is 4.49. The van der Waals surface area contributed by atoms with Crippen molar-refractivity contribution >= 4 is 17.7 Å². The topological polar surface area (TPSA) is 78.3 Å². The largest absolute Gasteiger partial charge is 0.493 e. The number of carbonyl (C=O) groups excluding carboxylic acids is 1. The van der Waals surface area contributed by atoms with Gasteiger partial charge < -0.3 is 19.4 Å². The number of hydrogen-bond acceptors (Lipinski definition) is 6. The number of hydrogen-bond donors (Lipinski definition) is 1. The zero-order valence-corrected chi connectivity index (χ0v) is 16.0. The van der Waals surface area contributed by atoms with Crippen molar-refractivity contribution in [3.05, 3.63) is 29.6 Å². The maximum absolute atomic E-state index is 12.2. The van der Waals surface area contributed by atoms with Gasteiger partial charge >= 0.3 is 0 Å². The molecule has 0 fully saturated rings. The van der Waals surface area contributed by atoms with Gasteiger partial charge in [0.1, 0.15) is 5.82 Å². The van der Waals surface area contributed by atoms with Crippen molar-refractivity contribution < 1.29 is 14.3 Å². The SMILES string of the molecule is COc1ccc(CNC(=O)CSc2nnc3n2CCCCC3)cc1OC. The molecule has 1 N–H and O–H groups in total. The summed E-state index contributed by atoms with van der Waals surface area (Å²) in [6, 6.07) is 5.61. The Hall–Kier alpha value is -2.22. The van der Waals surface area contributed by atoms with Crippen LogP contribution in [-0.4, -0.2) is 40.6 Å². The van der Waals surface area contributed by atoms with E-state index < -0.39 is 0 Å². The molecular weight excluding hydrogens is 352 g/mol. The second-order valence-electron chi connectivity index (χ2n) is 6.12. The van der Waals surface area contributed by atoms with E-state index in [1.165, 1.54) is 18.2 Å². The third-order valence-corrected chi connectivity index (χ3v) is 5.31. The number of thioether (sulfide) groups is 1. The molecule has 3 rings (SSSR count). The van der Waals surface area contributed by atoms with Gasteiger partial charge in [0, 0.05) is 19.5 Å². The van der Waals surface area contributed by atoms with Crippen molar-refractivity contribution in [1.82, 2.24) is 20.1 Å². The van der Waals surface area contributed by atoms with Crippen LogP contribution in [0.2, 0.25) is 0 Å². The Morgan fingerprint density at radius 1 is 1.19 bits per heavy atom. The Labute approximate surface area is 157 Å². The third-order valence-electron chi connectivity index (χ3n) is 4.35. The molecule has 26 heavy (non-hydrogen) atoms. The van der Waals surface area contributed by atoms with Gasteiger partial charge in [-0.1, -0.05) is 24.2 Å². The molecule has 1 aromatic heterocycles. The number of nitrogens with zero attached hydrogens (tertiary/aromatic N) is 3. The van der Waals surface area contributed by atoms with Crippen LogP contribution in [0.3, 0.4) is 0 Å². The monoisotopic (exact) mass is 376 g/mol. The number of aromatic nitrogens is 3. The summed E-state index contributed by atoms with van der Waals surface area (Å²) in [5.74, 6) is 2.66. The zero-order chi connectivity index (χ0) is 18.4. The first-order valence-corrected chi connectivity index (χ1v) is 9.72. The minimum Gasteiger partial charge on any atom is -0.493 e. The van der Waals surface area contributed by atoms with Crippen molar-refractivity contribution in [2.45, 2.75) is 43.9 Å². The second kappa shape index (κ2) is 8.93. The lowest BCUT2D eigenvalue weighted by Crippen LogP contribution is -2.24. The number of aryl methyl sites for hydroxylation is 1. The Kier molecular flexibility index (Phi) is 6.38. The molecule has 0 saturated heterocycles. The highest BCUT2D eigenvalue weighted by Gasteiger charge is 2.16. The fourth-order valence-corrected chi connectivity index (χ4v) is 3.75. The molecule has 0 radical (unpaired) electrons. The average molecular weight is 376 g/mol. The Balaban J connectivity index is 1.51. The molecule has 0 aliphatic carbocycles. The molecule has 1 aliphatic heterocycles. The Morgan fingerprint density at radius 3 is 2.85 bits per heavy atom. The highest BCUT2D eigenvalue weighted by molar-refractivity contribution is 7.99. The van der Waals surface area contributed by atoms with Gasteiger partial charge in [0.15, 0.2) is 16.7 Å². The summed E-state index contributed by atoms with van der Waals surface area (Å²) in [5.41, 5.74) is 0.956. The average Bonchev–Trinajstić information content (AvgIpc) is 2.90. The summed E-state index contributed by atoms with van der Waals surface area (Å²) in [6.45, 7) is 1.38. The molecular formula is C18H24N4O3S. The lowest BCUT2D eigenvalue weighted by Gasteiger charge is -2.10. The van der Waals surface area contributed by atoms with E-state index in [2.05, 4.69) is 20.1 Å². The lowest BCUT2D eigenvalue weighted by molar-refractivity contribution is -0.118. The minimum atomic E-state index is -0.0317. The molecule has 1 aliphatic rings. The molecule has 1 aromatic carbocycles.